The van der Waals surface area contributed by atoms with Gasteiger partial charge in [-0.2, -0.15) is 0 Å². The largest absolute Gasteiger partial charge is 0.493 e. The average Bonchev–Trinajstić information content (AvgIpc) is 3.93. The van der Waals surface area contributed by atoms with Crippen molar-refractivity contribution in [3.63, 3.8) is 0 Å². The van der Waals surface area contributed by atoms with Crippen LogP contribution in [-0.4, -0.2) is 38.6 Å². The molecule has 2 aromatic carbocycles. The minimum Gasteiger partial charge on any atom is -0.493 e. The van der Waals surface area contributed by atoms with Crippen LogP contribution in [0.15, 0.2) is 24.3 Å². The third-order valence-electron chi connectivity index (χ3n) is 10.1. The first-order chi connectivity index (χ1) is 22.0. The Hall–Kier alpha value is -2.04. The number of rotatable bonds is 21. The summed E-state index contributed by atoms with van der Waals surface area (Å²) in [6, 6.07) is 9.62. The highest BCUT2D eigenvalue weighted by Gasteiger charge is 2.32. The van der Waals surface area contributed by atoms with Gasteiger partial charge < -0.3 is 18.9 Å². The maximum atomic E-state index is 6.69. The van der Waals surface area contributed by atoms with Crippen LogP contribution in [-0.2, 0) is 9.47 Å². The van der Waals surface area contributed by atoms with E-state index in [2.05, 4.69) is 93.5 Å². The molecule has 2 saturated heterocycles. The van der Waals surface area contributed by atoms with Gasteiger partial charge in [0.1, 0.15) is 11.5 Å². The molecule has 46 heavy (non-hydrogen) atoms. The fraction of sp³-hybridized carbons (Fsp3) is 0.714. The summed E-state index contributed by atoms with van der Waals surface area (Å²) in [5, 5.41) is 0. The third-order valence-corrected chi connectivity index (χ3v) is 10.1. The molecule has 0 bridgehead atoms. The van der Waals surface area contributed by atoms with Gasteiger partial charge in [-0.25, -0.2) is 0 Å². The lowest BCUT2D eigenvalue weighted by Crippen LogP contribution is -2.12. The number of hydrogen-bond acceptors (Lipinski definition) is 4. The third kappa shape index (κ3) is 9.99. The summed E-state index contributed by atoms with van der Waals surface area (Å²) >= 11 is 0. The molecular weight excluding hydrogens is 568 g/mol. The zero-order valence-corrected chi connectivity index (χ0v) is 31.0. The van der Waals surface area contributed by atoms with Crippen LogP contribution in [0.1, 0.15) is 167 Å². The van der Waals surface area contributed by atoms with E-state index in [-0.39, 0.29) is 0 Å². The number of benzene rings is 2. The van der Waals surface area contributed by atoms with Crippen LogP contribution < -0.4 is 9.47 Å². The molecule has 258 valence electrons. The Bertz CT molecular complexity index is 1070. The van der Waals surface area contributed by atoms with Gasteiger partial charge in [-0.3, -0.25) is 0 Å². The Labute approximate surface area is 282 Å². The summed E-state index contributed by atoms with van der Waals surface area (Å²) in [5.74, 6) is 5.05. The summed E-state index contributed by atoms with van der Waals surface area (Å²) in [6.07, 6.45) is 10.4. The van der Waals surface area contributed by atoms with E-state index in [4.69, 9.17) is 18.9 Å². The van der Waals surface area contributed by atoms with Crippen molar-refractivity contribution in [3.8, 4) is 22.6 Å². The SMILES string of the molecule is CCCC(CCCOc1c(C(C)C)cc(-c2cc(C(C)C)c(OCCCC(CCC)C3CO3)c(C(C)C)c2)cc1C(C)C)C1CO1. The molecular formula is C42H66O4. The highest BCUT2D eigenvalue weighted by atomic mass is 16.6. The second-order valence-corrected chi connectivity index (χ2v) is 15.4. The fourth-order valence-corrected chi connectivity index (χ4v) is 7.20. The lowest BCUT2D eigenvalue weighted by atomic mass is 9.86. The molecule has 2 aromatic rings. The summed E-state index contributed by atoms with van der Waals surface area (Å²) in [6.45, 7) is 26.4. The van der Waals surface area contributed by atoms with Crippen molar-refractivity contribution >= 4 is 0 Å². The predicted molar refractivity (Wildman–Crippen MR) is 194 cm³/mol. The van der Waals surface area contributed by atoms with Gasteiger partial charge in [0.25, 0.3) is 0 Å². The van der Waals surface area contributed by atoms with Crippen LogP contribution in [0.5, 0.6) is 11.5 Å². The van der Waals surface area contributed by atoms with E-state index in [1.807, 2.05) is 0 Å². The lowest BCUT2D eigenvalue weighted by Gasteiger charge is -2.25. The number of ether oxygens (including phenoxy) is 4. The second-order valence-electron chi connectivity index (χ2n) is 15.4. The molecule has 0 aromatic heterocycles. The Morgan fingerprint density at radius 1 is 0.543 bits per heavy atom. The Morgan fingerprint density at radius 2 is 0.848 bits per heavy atom. The van der Waals surface area contributed by atoms with Gasteiger partial charge in [0.2, 0.25) is 0 Å². The standard InChI is InChI=1S/C42H66O4/c1-11-15-31(39-25-45-39)17-13-19-43-41-35(27(3)4)21-33(22-36(41)28(5)6)34-23-37(29(7)8)42(38(24-34)30(9)10)44-20-14-18-32(16-12-2)40-26-46-40/h21-24,27-32,39-40H,11-20,25-26H2,1-10H3. The van der Waals surface area contributed by atoms with Gasteiger partial charge in [-0.15, -0.1) is 0 Å². The smallest absolute Gasteiger partial charge is 0.126 e. The van der Waals surface area contributed by atoms with Gasteiger partial charge in [0.05, 0.1) is 38.6 Å². The molecule has 4 rings (SSSR count). The minimum atomic E-state index is 0.370. The summed E-state index contributed by atoms with van der Waals surface area (Å²) in [5.41, 5.74) is 7.84. The van der Waals surface area contributed by atoms with Gasteiger partial charge in [0, 0.05) is 0 Å². The second kappa shape index (κ2) is 17.4. The molecule has 4 unspecified atom stereocenters. The van der Waals surface area contributed by atoms with Gasteiger partial charge >= 0.3 is 0 Å². The van der Waals surface area contributed by atoms with Crippen LogP contribution in [0, 0.1) is 11.8 Å². The monoisotopic (exact) mass is 634 g/mol. The molecule has 0 saturated carbocycles. The van der Waals surface area contributed by atoms with Gasteiger partial charge in [0.15, 0.2) is 0 Å². The topological polar surface area (TPSA) is 43.5 Å². The molecule has 4 atom stereocenters. The average molecular weight is 635 g/mol. The van der Waals surface area contributed by atoms with Gasteiger partial charge in [-0.05, 0) is 132 Å². The quantitative estimate of drug-likeness (QED) is 0.101. The summed E-state index contributed by atoms with van der Waals surface area (Å²) < 4.78 is 24.7. The molecule has 0 amide bonds. The first-order valence-electron chi connectivity index (χ1n) is 18.9. The highest BCUT2D eigenvalue weighted by molar-refractivity contribution is 5.72. The molecule has 2 aliphatic rings. The van der Waals surface area contributed by atoms with Crippen molar-refractivity contribution in [1.29, 1.82) is 0 Å². The minimum absolute atomic E-state index is 0.370. The first-order valence-corrected chi connectivity index (χ1v) is 18.9. The fourth-order valence-electron chi connectivity index (χ4n) is 7.20. The molecule has 0 aliphatic carbocycles. The molecule has 2 heterocycles. The molecule has 0 N–H and O–H groups in total. The van der Waals surface area contributed by atoms with Gasteiger partial charge in [-0.1, -0.05) is 82.1 Å². The summed E-state index contributed by atoms with van der Waals surface area (Å²) in [7, 11) is 0. The van der Waals surface area contributed by atoms with Crippen LogP contribution in [0.2, 0.25) is 0 Å². The Morgan fingerprint density at radius 3 is 1.09 bits per heavy atom. The number of epoxide rings is 2. The predicted octanol–water partition coefficient (Wildman–Crippen LogP) is 11.8. The molecule has 2 fully saturated rings. The molecule has 4 heteroatoms. The van der Waals surface area contributed by atoms with E-state index >= 15 is 0 Å². The van der Waals surface area contributed by atoms with E-state index in [1.54, 1.807) is 0 Å². The highest BCUT2D eigenvalue weighted by Crippen LogP contribution is 2.43. The Kier molecular flexibility index (Phi) is 13.9. The van der Waals surface area contributed by atoms with Crippen molar-refractivity contribution in [3.05, 3.63) is 46.5 Å². The van der Waals surface area contributed by atoms with E-state index in [9.17, 15) is 0 Å². The molecule has 2 aliphatic heterocycles. The zero-order valence-electron chi connectivity index (χ0n) is 31.0. The maximum absolute atomic E-state index is 6.69. The molecule has 0 spiro atoms. The molecule has 0 radical (unpaired) electrons. The van der Waals surface area contributed by atoms with Crippen LogP contribution in [0.3, 0.4) is 0 Å². The molecule has 4 nitrogen and oxygen atoms in total. The van der Waals surface area contributed by atoms with Crippen LogP contribution in [0.25, 0.3) is 11.1 Å². The lowest BCUT2D eigenvalue weighted by molar-refractivity contribution is 0.255. The normalized spacial score (nSPS) is 18.9. The van der Waals surface area contributed by atoms with Crippen LogP contribution >= 0.6 is 0 Å². The Balaban J connectivity index is 1.58. The summed E-state index contributed by atoms with van der Waals surface area (Å²) in [4.78, 5) is 0. The maximum Gasteiger partial charge on any atom is 0.126 e. The van der Waals surface area contributed by atoms with Crippen molar-refractivity contribution in [2.24, 2.45) is 11.8 Å². The van der Waals surface area contributed by atoms with E-state index in [1.165, 1.54) is 71.9 Å². The van der Waals surface area contributed by atoms with Crippen molar-refractivity contribution in [2.45, 2.75) is 156 Å². The first kappa shape index (κ1) is 36.8. The number of hydrogen-bond donors (Lipinski definition) is 0. The van der Waals surface area contributed by atoms with Crippen molar-refractivity contribution < 1.29 is 18.9 Å². The van der Waals surface area contributed by atoms with E-state index < -0.39 is 0 Å². The zero-order chi connectivity index (χ0) is 33.4. The van der Waals surface area contributed by atoms with Crippen LogP contribution in [0.4, 0.5) is 0 Å². The van der Waals surface area contributed by atoms with E-state index in [0.29, 0.717) is 47.7 Å². The van der Waals surface area contributed by atoms with E-state index in [0.717, 1.165) is 50.8 Å². The van der Waals surface area contributed by atoms with Crippen molar-refractivity contribution in [2.75, 3.05) is 26.4 Å². The van der Waals surface area contributed by atoms with Crippen molar-refractivity contribution in [1.82, 2.24) is 0 Å².